The fraction of sp³-hybridized carbons (Fsp3) is 0.292. The molecule has 2 N–H and O–H groups in total. The maximum atomic E-state index is 14.6. The number of nitrogens with one attached hydrogen (secondary N) is 2. The van der Waals surface area contributed by atoms with Crippen LogP contribution in [0.5, 0.6) is 0 Å². The van der Waals surface area contributed by atoms with E-state index in [0.29, 0.717) is 40.5 Å². The van der Waals surface area contributed by atoms with Crippen LogP contribution in [0.4, 0.5) is 10.1 Å². The predicted molar refractivity (Wildman–Crippen MR) is 127 cm³/mol. The van der Waals surface area contributed by atoms with Gasteiger partial charge in [0.05, 0.1) is 29.7 Å². The van der Waals surface area contributed by atoms with Gasteiger partial charge in [0.25, 0.3) is 5.56 Å². The molecule has 0 radical (unpaired) electrons. The number of halogens is 3. The summed E-state index contributed by atoms with van der Waals surface area (Å²) in [5.41, 5.74) is 2.21. The number of aromatic nitrogens is 1. The SMILES string of the molecule is C[C@H]1c2c(Cl)cc(Cl)cc2CCN1C(=O)CNc1cc2cc(CCC#N)[nH]c(=O)c2cc1F. The number of H-pyrrole nitrogens is 1. The summed E-state index contributed by atoms with van der Waals surface area (Å²) in [5, 5.41) is 13.5. The number of hydrogen-bond donors (Lipinski definition) is 2. The minimum Gasteiger partial charge on any atom is -0.374 e. The second-order valence-electron chi connectivity index (χ2n) is 8.03. The van der Waals surface area contributed by atoms with Gasteiger partial charge in [-0.05, 0) is 60.2 Å². The zero-order valence-electron chi connectivity index (χ0n) is 17.8. The van der Waals surface area contributed by atoms with Crippen molar-refractivity contribution < 1.29 is 9.18 Å². The van der Waals surface area contributed by atoms with E-state index in [-0.39, 0.29) is 36.0 Å². The summed E-state index contributed by atoms with van der Waals surface area (Å²) in [4.78, 5) is 29.6. The van der Waals surface area contributed by atoms with Crippen LogP contribution in [0.2, 0.25) is 10.0 Å². The van der Waals surface area contributed by atoms with Gasteiger partial charge in [0.1, 0.15) is 5.82 Å². The molecule has 33 heavy (non-hydrogen) atoms. The van der Waals surface area contributed by atoms with Gasteiger partial charge in [0, 0.05) is 35.1 Å². The van der Waals surface area contributed by atoms with Gasteiger partial charge in [-0.25, -0.2) is 4.39 Å². The van der Waals surface area contributed by atoms with Crippen molar-refractivity contribution in [3.05, 3.63) is 73.4 Å². The second-order valence-corrected chi connectivity index (χ2v) is 8.87. The van der Waals surface area contributed by atoms with Gasteiger partial charge >= 0.3 is 0 Å². The molecule has 1 aliphatic heterocycles. The molecule has 1 aromatic heterocycles. The van der Waals surface area contributed by atoms with E-state index in [0.717, 1.165) is 17.2 Å². The highest BCUT2D eigenvalue weighted by Crippen LogP contribution is 2.37. The Hall–Kier alpha value is -3.08. The first-order valence-corrected chi connectivity index (χ1v) is 11.3. The Kier molecular flexibility index (Phi) is 6.59. The zero-order chi connectivity index (χ0) is 23.7. The number of aryl methyl sites for hydroxylation is 1. The molecule has 0 fully saturated rings. The van der Waals surface area contributed by atoms with Crippen LogP contribution >= 0.6 is 23.2 Å². The number of carbonyl (C=O) groups excluding carboxylic acids is 1. The maximum absolute atomic E-state index is 14.6. The number of nitriles is 1. The van der Waals surface area contributed by atoms with Crippen molar-refractivity contribution in [3.8, 4) is 6.07 Å². The largest absolute Gasteiger partial charge is 0.374 e. The Morgan fingerprint density at radius 2 is 2.09 bits per heavy atom. The van der Waals surface area contributed by atoms with Crippen LogP contribution in [0.3, 0.4) is 0 Å². The quantitative estimate of drug-likeness (QED) is 0.531. The molecule has 0 saturated heterocycles. The molecule has 0 bridgehead atoms. The monoisotopic (exact) mass is 486 g/mol. The molecule has 1 aliphatic rings. The summed E-state index contributed by atoms with van der Waals surface area (Å²) in [6.07, 6.45) is 1.28. The average molecular weight is 487 g/mol. The van der Waals surface area contributed by atoms with Crippen molar-refractivity contribution in [2.24, 2.45) is 0 Å². The Balaban J connectivity index is 1.53. The summed E-state index contributed by atoms with van der Waals surface area (Å²) < 4.78 is 14.6. The summed E-state index contributed by atoms with van der Waals surface area (Å²) in [7, 11) is 0. The first kappa shape index (κ1) is 23.1. The van der Waals surface area contributed by atoms with Gasteiger partial charge < -0.3 is 15.2 Å². The summed E-state index contributed by atoms with van der Waals surface area (Å²) in [5.74, 6) is -0.820. The number of carbonyl (C=O) groups is 1. The maximum Gasteiger partial charge on any atom is 0.256 e. The van der Waals surface area contributed by atoms with Crippen molar-refractivity contribution in [2.75, 3.05) is 18.4 Å². The van der Waals surface area contributed by atoms with E-state index in [1.165, 1.54) is 6.07 Å². The Labute approximate surface area is 199 Å². The van der Waals surface area contributed by atoms with E-state index in [1.807, 2.05) is 19.1 Å². The smallest absolute Gasteiger partial charge is 0.256 e. The van der Waals surface area contributed by atoms with Gasteiger partial charge in [-0.15, -0.1) is 0 Å². The van der Waals surface area contributed by atoms with E-state index in [2.05, 4.69) is 10.3 Å². The third-order valence-corrected chi connectivity index (χ3v) is 6.46. The number of amides is 1. The normalized spacial score (nSPS) is 15.2. The fourth-order valence-corrected chi connectivity index (χ4v) is 5.01. The van der Waals surface area contributed by atoms with Crippen molar-refractivity contribution in [1.82, 2.24) is 9.88 Å². The first-order chi connectivity index (χ1) is 15.8. The van der Waals surface area contributed by atoms with Gasteiger partial charge in [-0.2, -0.15) is 5.26 Å². The van der Waals surface area contributed by atoms with Crippen molar-refractivity contribution in [2.45, 2.75) is 32.2 Å². The zero-order valence-corrected chi connectivity index (χ0v) is 19.4. The van der Waals surface area contributed by atoms with E-state index in [9.17, 15) is 14.0 Å². The van der Waals surface area contributed by atoms with Gasteiger partial charge in [0.2, 0.25) is 5.91 Å². The highest BCUT2D eigenvalue weighted by molar-refractivity contribution is 6.35. The molecule has 3 aromatic rings. The average Bonchev–Trinajstić information content (AvgIpc) is 2.76. The number of aromatic amines is 1. The number of rotatable bonds is 5. The number of benzene rings is 2. The molecule has 1 amide bonds. The lowest BCUT2D eigenvalue weighted by Crippen LogP contribution is -2.42. The fourth-order valence-electron chi connectivity index (χ4n) is 4.32. The van der Waals surface area contributed by atoms with Crippen LogP contribution in [0.15, 0.2) is 35.1 Å². The van der Waals surface area contributed by atoms with Crippen LogP contribution in [0.25, 0.3) is 10.8 Å². The van der Waals surface area contributed by atoms with Crippen molar-refractivity contribution >= 4 is 45.6 Å². The van der Waals surface area contributed by atoms with E-state index < -0.39 is 11.4 Å². The molecule has 1 atom stereocenters. The lowest BCUT2D eigenvalue weighted by molar-refractivity contribution is -0.131. The molecular formula is C24H21Cl2FN4O2. The molecule has 0 unspecified atom stereocenters. The number of hydrogen-bond acceptors (Lipinski definition) is 4. The molecule has 170 valence electrons. The van der Waals surface area contributed by atoms with E-state index in [1.54, 1.807) is 17.0 Å². The van der Waals surface area contributed by atoms with Crippen molar-refractivity contribution in [1.29, 1.82) is 5.26 Å². The van der Waals surface area contributed by atoms with Crippen LogP contribution in [0, 0.1) is 17.1 Å². The van der Waals surface area contributed by atoms with Crippen LogP contribution in [-0.4, -0.2) is 28.9 Å². The summed E-state index contributed by atoms with van der Waals surface area (Å²) in [6, 6.07) is 9.71. The molecule has 6 nitrogen and oxygen atoms in total. The van der Waals surface area contributed by atoms with Crippen LogP contribution in [0.1, 0.15) is 36.2 Å². The van der Waals surface area contributed by atoms with Crippen LogP contribution < -0.4 is 10.9 Å². The van der Waals surface area contributed by atoms with Gasteiger partial charge in [-0.3, -0.25) is 9.59 Å². The van der Waals surface area contributed by atoms with E-state index in [4.69, 9.17) is 28.5 Å². The molecule has 4 rings (SSSR count). The highest BCUT2D eigenvalue weighted by atomic mass is 35.5. The lowest BCUT2D eigenvalue weighted by atomic mass is 9.93. The van der Waals surface area contributed by atoms with Gasteiger partial charge in [-0.1, -0.05) is 23.2 Å². The number of fused-ring (bicyclic) bond motifs is 2. The van der Waals surface area contributed by atoms with Gasteiger partial charge in [0.15, 0.2) is 0 Å². The molecule has 0 saturated carbocycles. The van der Waals surface area contributed by atoms with E-state index >= 15 is 0 Å². The third-order valence-electron chi connectivity index (χ3n) is 5.93. The Bertz CT molecular complexity index is 1350. The third kappa shape index (κ3) is 4.68. The molecule has 2 heterocycles. The number of pyridine rings is 1. The van der Waals surface area contributed by atoms with Crippen molar-refractivity contribution in [3.63, 3.8) is 0 Å². The predicted octanol–water partition coefficient (Wildman–Crippen LogP) is 4.99. The molecule has 9 heteroatoms. The molecule has 2 aromatic carbocycles. The summed E-state index contributed by atoms with van der Waals surface area (Å²) in [6.45, 7) is 2.29. The molecule has 0 spiro atoms. The number of nitrogens with zero attached hydrogens (tertiary/aromatic N) is 2. The highest BCUT2D eigenvalue weighted by Gasteiger charge is 2.29. The number of anilines is 1. The van der Waals surface area contributed by atoms with Crippen LogP contribution in [-0.2, 0) is 17.6 Å². The Morgan fingerprint density at radius 3 is 2.85 bits per heavy atom. The minimum atomic E-state index is -0.625. The second kappa shape index (κ2) is 9.42. The minimum absolute atomic E-state index is 0.113. The summed E-state index contributed by atoms with van der Waals surface area (Å²) >= 11 is 12.5. The topological polar surface area (TPSA) is 89.0 Å². The lowest BCUT2D eigenvalue weighted by Gasteiger charge is -2.36. The standard InChI is InChI=1S/C24H21Cl2FN4O2/c1-13-23-14(7-16(25)10-19(23)26)4-6-31(13)22(32)12-29-21-9-15-8-17(3-2-5-28)30-24(33)18(15)11-20(21)27/h7-11,13,29H,2-4,6,12H2,1H3,(H,30,33)/t13-/m0/s1. The Morgan fingerprint density at radius 1 is 1.30 bits per heavy atom. The molecule has 0 aliphatic carbocycles. The molecular weight excluding hydrogens is 466 g/mol. The first-order valence-electron chi connectivity index (χ1n) is 10.5.